The van der Waals surface area contributed by atoms with Gasteiger partial charge in [0.1, 0.15) is 12.4 Å². The number of aromatic nitrogens is 1. The Morgan fingerprint density at radius 2 is 2.12 bits per heavy atom. The van der Waals surface area contributed by atoms with Crippen molar-refractivity contribution < 1.29 is 9.53 Å². The van der Waals surface area contributed by atoms with Crippen LogP contribution in [0, 0.1) is 0 Å². The van der Waals surface area contributed by atoms with Crippen molar-refractivity contribution in [3.05, 3.63) is 59.9 Å². The van der Waals surface area contributed by atoms with E-state index in [0.717, 1.165) is 37.4 Å². The standard InChI is InChI=1S/C19H23N3O2/c1-20-19(23)18-6-4-12-22(18)13-15-7-9-17(10-8-15)24-14-16-5-2-3-11-21-16/h2-3,5,7-11,18H,4,6,12-14H2,1H3,(H,20,23). The third-order valence-electron chi connectivity index (χ3n) is 4.33. The van der Waals surface area contributed by atoms with Gasteiger partial charge in [-0.2, -0.15) is 0 Å². The van der Waals surface area contributed by atoms with Gasteiger partial charge in [0.2, 0.25) is 5.91 Å². The first-order valence-corrected chi connectivity index (χ1v) is 8.33. The van der Waals surface area contributed by atoms with E-state index in [2.05, 4.69) is 27.3 Å². The Hall–Kier alpha value is -2.40. The minimum atomic E-state index is -0.00455. The van der Waals surface area contributed by atoms with Gasteiger partial charge in [-0.25, -0.2) is 0 Å². The predicted molar refractivity (Wildman–Crippen MR) is 92.5 cm³/mol. The molecule has 1 aromatic carbocycles. The van der Waals surface area contributed by atoms with Gasteiger partial charge in [0.05, 0.1) is 11.7 Å². The van der Waals surface area contributed by atoms with Crippen LogP contribution in [0.25, 0.3) is 0 Å². The van der Waals surface area contributed by atoms with Crippen molar-refractivity contribution >= 4 is 5.91 Å². The van der Waals surface area contributed by atoms with Crippen molar-refractivity contribution in [2.75, 3.05) is 13.6 Å². The summed E-state index contributed by atoms with van der Waals surface area (Å²) in [6.45, 7) is 2.22. The molecule has 126 valence electrons. The number of ether oxygens (including phenoxy) is 1. The van der Waals surface area contributed by atoms with E-state index in [0.29, 0.717) is 6.61 Å². The Balaban J connectivity index is 1.55. The van der Waals surface area contributed by atoms with Crippen molar-refractivity contribution in [3.8, 4) is 5.75 Å². The Bertz CT molecular complexity index is 658. The van der Waals surface area contributed by atoms with E-state index in [-0.39, 0.29) is 11.9 Å². The molecule has 0 spiro atoms. The lowest BCUT2D eigenvalue weighted by Gasteiger charge is -2.23. The van der Waals surface area contributed by atoms with Crippen LogP contribution in [0.3, 0.4) is 0 Å². The molecule has 1 unspecified atom stereocenters. The monoisotopic (exact) mass is 325 g/mol. The summed E-state index contributed by atoms with van der Waals surface area (Å²) in [5.74, 6) is 0.941. The molecular formula is C19H23N3O2. The summed E-state index contributed by atoms with van der Waals surface area (Å²) in [5, 5.41) is 2.76. The van der Waals surface area contributed by atoms with Crippen LogP contribution in [0.1, 0.15) is 24.1 Å². The van der Waals surface area contributed by atoms with E-state index in [4.69, 9.17) is 4.74 Å². The van der Waals surface area contributed by atoms with Crippen molar-refractivity contribution in [2.45, 2.75) is 32.0 Å². The summed E-state index contributed by atoms with van der Waals surface area (Å²) in [4.78, 5) is 18.4. The summed E-state index contributed by atoms with van der Waals surface area (Å²) < 4.78 is 5.75. The molecule has 1 atom stereocenters. The molecule has 0 radical (unpaired) electrons. The van der Waals surface area contributed by atoms with Crippen LogP contribution in [0.5, 0.6) is 5.75 Å². The molecule has 3 rings (SSSR count). The molecular weight excluding hydrogens is 302 g/mol. The van der Waals surface area contributed by atoms with Gasteiger partial charge in [-0.05, 0) is 49.2 Å². The molecule has 5 heteroatoms. The first-order valence-electron chi connectivity index (χ1n) is 8.33. The van der Waals surface area contributed by atoms with E-state index in [1.54, 1.807) is 13.2 Å². The van der Waals surface area contributed by atoms with Crippen molar-refractivity contribution in [1.82, 2.24) is 15.2 Å². The summed E-state index contributed by atoms with van der Waals surface area (Å²) in [7, 11) is 1.70. The lowest BCUT2D eigenvalue weighted by atomic mass is 10.1. The van der Waals surface area contributed by atoms with Gasteiger partial charge in [0.15, 0.2) is 0 Å². The first-order chi connectivity index (χ1) is 11.8. The number of carbonyl (C=O) groups is 1. The molecule has 0 saturated carbocycles. The quantitative estimate of drug-likeness (QED) is 0.886. The van der Waals surface area contributed by atoms with Gasteiger partial charge in [-0.15, -0.1) is 0 Å². The van der Waals surface area contributed by atoms with Crippen LogP contribution in [-0.2, 0) is 17.9 Å². The molecule has 2 aromatic rings. The van der Waals surface area contributed by atoms with E-state index >= 15 is 0 Å². The van der Waals surface area contributed by atoms with Crippen LogP contribution in [-0.4, -0.2) is 35.4 Å². The Morgan fingerprint density at radius 3 is 2.83 bits per heavy atom. The summed E-state index contributed by atoms with van der Waals surface area (Å²) >= 11 is 0. The highest BCUT2D eigenvalue weighted by atomic mass is 16.5. The number of hydrogen-bond acceptors (Lipinski definition) is 4. The lowest BCUT2D eigenvalue weighted by Crippen LogP contribution is -2.41. The number of amides is 1. The lowest BCUT2D eigenvalue weighted by molar-refractivity contribution is -0.125. The summed E-state index contributed by atoms with van der Waals surface area (Å²) in [5.41, 5.74) is 2.10. The Labute approximate surface area is 142 Å². The molecule has 2 heterocycles. The van der Waals surface area contributed by atoms with Crippen molar-refractivity contribution in [1.29, 1.82) is 0 Å². The molecule has 1 amide bonds. The van der Waals surface area contributed by atoms with Crippen LogP contribution in [0.2, 0.25) is 0 Å². The number of nitrogens with zero attached hydrogens (tertiary/aromatic N) is 2. The number of nitrogens with one attached hydrogen (secondary N) is 1. The van der Waals surface area contributed by atoms with Gasteiger partial charge < -0.3 is 10.1 Å². The van der Waals surface area contributed by atoms with E-state index < -0.39 is 0 Å². The number of likely N-dealkylation sites (tertiary alicyclic amines) is 1. The van der Waals surface area contributed by atoms with Crippen LogP contribution in [0.15, 0.2) is 48.7 Å². The van der Waals surface area contributed by atoms with Crippen LogP contribution in [0.4, 0.5) is 0 Å². The molecule has 1 fully saturated rings. The number of carbonyl (C=O) groups excluding carboxylic acids is 1. The van der Waals surface area contributed by atoms with E-state index in [9.17, 15) is 4.79 Å². The second-order valence-corrected chi connectivity index (χ2v) is 6.00. The van der Waals surface area contributed by atoms with Gasteiger partial charge in [0.25, 0.3) is 0 Å². The highest BCUT2D eigenvalue weighted by Crippen LogP contribution is 2.21. The van der Waals surface area contributed by atoms with Gasteiger partial charge in [-0.3, -0.25) is 14.7 Å². The maximum Gasteiger partial charge on any atom is 0.237 e. The van der Waals surface area contributed by atoms with Gasteiger partial charge in [0, 0.05) is 19.8 Å². The molecule has 0 bridgehead atoms. The molecule has 1 N–H and O–H groups in total. The highest BCUT2D eigenvalue weighted by molar-refractivity contribution is 5.81. The minimum absolute atomic E-state index is 0.00455. The largest absolute Gasteiger partial charge is 0.487 e. The molecule has 0 aliphatic carbocycles. The number of rotatable bonds is 6. The number of pyridine rings is 1. The van der Waals surface area contributed by atoms with Crippen molar-refractivity contribution in [3.63, 3.8) is 0 Å². The Morgan fingerprint density at radius 1 is 1.29 bits per heavy atom. The first kappa shape index (κ1) is 16.5. The second-order valence-electron chi connectivity index (χ2n) is 6.00. The summed E-state index contributed by atoms with van der Waals surface area (Å²) in [6, 6.07) is 13.9. The number of hydrogen-bond donors (Lipinski definition) is 1. The zero-order chi connectivity index (χ0) is 16.8. The highest BCUT2D eigenvalue weighted by Gasteiger charge is 2.29. The number of likely N-dealkylation sites (N-methyl/N-ethyl adjacent to an activating group) is 1. The SMILES string of the molecule is CNC(=O)C1CCCN1Cc1ccc(OCc2ccccn2)cc1. The number of benzene rings is 1. The smallest absolute Gasteiger partial charge is 0.237 e. The predicted octanol–water partition coefficient (Wildman–Crippen LogP) is 2.37. The van der Waals surface area contributed by atoms with Gasteiger partial charge in [-0.1, -0.05) is 18.2 Å². The maximum atomic E-state index is 11.9. The topological polar surface area (TPSA) is 54.5 Å². The van der Waals surface area contributed by atoms with Crippen LogP contribution < -0.4 is 10.1 Å². The summed E-state index contributed by atoms with van der Waals surface area (Å²) in [6.07, 6.45) is 3.77. The fourth-order valence-corrected chi connectivity index (χ4v) is 3.05. The third kappa shape index (κ3) is 4.11. The fourth-order valence-electron chi connectivity index (χ4n) is 3.05. The third-order valence-corrected chi connectivity index (χ3v) is 4.33. The zero-order valence-corrected chi connectivity index (χ0v) is 13.9. The second kappa shape index (κ2) is 7.93. The van der Waals surface area contributed by atoms with Gasteiger partial charge >= 0.3 is 0 Å². The molecule has 5 nitrogen and oxygen atoms in total. The Kier molecular flexibility index (Phi) is 5.43. The average molecular weight is 325 g/mol. The molecule has 1 aromatic heterocycles. The molecule has 1 aliphatic rings. The van der Waals surface area contributed by atoms with E-state index in [1.807, 2.05) is 30.3 Å². The van der Waals surface area contributed by atoms with Crippen molar-refractivity contribution in [2.24, 2.45) is 0 Å². The molecule has 24 heavy (non-hydrogen) atoms. The maximum absolute atomic E-state index is 11.9. The fraction of sp³-hybridized carbons (Fsp3) is 0.368. The molecule has 1 aliphatic heterocycles. The molecule has 1 saturated heterocycles. The van der Waals surface area contributed by atoms with Crippen LogP contribution >= 0.6 is 0 Å². The average Bonchev–Trinajstić information content (AvgIpc) is 3.09. The minimum Gasteiger partial charge on any atom is -0.487 e. The normalized spacial score (nSPS) is 17.6. The van der Waals surface area contributed by atoms with E-state index in [1.165, 1.54) is 5.56 Å². The zero-order valence-electron chi connectivity index (χ0n) is 13.9.